The zero-order valence-corrected chi connectivity index (χ0v) is 12.8. The second kappa shape index (κ2) is 7.54. The summed E-state index contributed by atoms with van der Waals surface area (Å²) in [5, 5.41) is 2.74. The van der Waals surface area contributed by atoms with E-state index in [0.717, 1.165) is 15.9 Å². The normalized spacial score (nSPS) is 11.9. The van der Waals surface area contributed by atoms with Crippen LogP contribution in [0.1, 0.15) is 18.9 Å². The summed E-state index contributed by atoms with van der Waals surface area (Å²) in [7, 11) is 0. The molecule has 0 heterocycles. The second-order valence-corrected chi connectivity index (χ2v) is 7.00. The van der Waals surface area contributed by atoms with Gasteiger partial charge in [0.1, 0.15) is 0 Å². The maximum atomic E-state index is 11.3. The number of nitrogens with one attached hydrogen (secondary N) is 1. The summed E-state index contributed by atoms with van der Waals surface area (Å²) in [5.41, 5.74) is 1.01. The van der Waals surface area contributed by atoms with Crippen LogP contribution in [0.5, 0.6) is 0 Å². The molecule has 1 aromatic rings. The number of benzene rings is 1. The standard InChI is InChI=1S/C12H16NO2.Sn.H/c1-2-3-9-13-12(14)15-10-11-7-5-4-6-8-11;;/h2,4-8H,3,9-10H2,1H3,(H,13,14);;. The molecule has 0 aliphatic heterocycles. The number of rotatable bonds is 5. The topological polar surface area (TPSA) is 38.3 Å². The third kappa shape index (κ3) is 6.00. The SMILES string of the molecule is C[CH]([SnH])CCNC(=O)OCc1ccccc1. The van der Waals surface area contributed by atoms with Gasteiger partial charge >= 0.3 is 110 Å². The molecule has 3 nitrogen and oxygen atoms in total. The van der Waals surface area contributed by atoms with Gasteiger partial charge in [-0.25, -0.2) is 0 Å². The number of hydrogen-bond donors (Lipinski definition) is 1. The Kier molecular flexibility index (Phi) is 6.30. The first kappa shape index (κ1) is 13.4. The summed E-state index contributed by atoms with van der Waals surface area (Å²) in [4.78, 5) is 11.3. The van der Waals surface area contributed by atoms with Crippen molar-refractivity contribution >= 4 is 28.6 Å². The minimum absolute atomic E-state index is 0.329. The summed E-state index contributed by atoms with van der Waals surface area (Å²) in [5.74, 6) is 0. The molecule has 0 spiro atoms. The van der Waals surface area contributed by atoms with Gasteiger partial charge in [-0.1, -0.05) is 0 Å². The van der Waals surface area contributed by atoms with Gasteiger partial charge in [0.2, 0.25) is 0 Å². The Morgan fingerprint density at radius 2 is 2.12 bits per heavy atom. The van der Waals surface area contributed by atoms with Crippen LogP contribution in [0.3, 0.4) is 0 Å². The molecule has 0 aromatic heterocycles. The zero-order chi connectivity index (χ0) is 11.8. The number of carbonyl (C=O) groups is 1. The number of carbonyl (C=O) groups excluding carboxylic acids is 1. The average Bonchev–Trinajstić information content (AvgIpc) is 2.27. The second-order valence-electron chi connectivity index (χ2n) is 3.75. The summed E-state index contributed by atoms with van der Waals surface area (Å²) < 4.78 is 5.79. The molecule has 0 fully saturated rings. The van der Waals surface area contributed by atoms with Crippen LogP contribution in [0.4, 0.5) is 4.79 Å². The first-order valence-corrected chi connectivity index (χ1v) is 7.29. The van der Waals surface area contributed by atoms with Crippen LogP contribution in [-0.2, 0) is 11.3 Å². The van der Waals surface area contributed by atoms with Gasteiger partial charge < -0.3 is 0 Å². The van der Waals surface area contributed by atoms with Crippen LogP contribution in [0, 0.1) is 0 Å². The van der Waals surface area contributed by atoms with Crippen molar-refractivity contribution in [3.8, 4) is 0 Å². The van der Waals surface area contributed by atoms with E-state index in [1.807, 2.05) is 30.3 Å². The van der Waals surface area contributed by atoms with Gasteiger partial charge in [-0.15, -0.1) is 0 Å². The van der Waals surface area contributed by atoms with Crippen molar-refractivity contribution in [3.63, 3.8) is 0 Å². The van der Waals surface area contributed by atoms with E-state index in [1.165, 1.54) is 22.5 Å². The Morgan fingerprint density at radius 1 is 1.44 bits per heavy atom. The molecule has 0 aliphatic carbocycles. The summed E-state index contributed by atoms with van der Waals surface area (Å²) in [6.45, 7) is 3.22. The van der Waals surface area contributed by atoms with E-state index in [4.69, 9.17) is 4.74 Å². The quantitative estimate of drug-likeness (QED) is 0.841. The average molecular weight is 326 g/mol. The first-order valence-electron chi connectivity index (χ1n) is 5.38. The van der Waals surface area contributed by atoms with E-state index in [2.05, 4.69) is 12.2 Å². The Balaban J connectivity index is 2.16. The summed E-state index contributed by atoms with van der Waals surface area (Å²) in [6, 6.07) is 9.68. The number of alkyl carbamates (subject to hydrolysis) is 1. The summed E-state index contributed by atoms with van der Waals surface area (Å²) in [6.07, 6.45) is 0.702. The van der Waals surface area contributed by atoms with E-state index in [1.54, 1.807) is 0 Å². The van der Waals surface area contributed by atoms with Crippen molar-refractivity contribution in [2.24, 2.45) is 0 Å². The molecule has 1 unspecified atom stereocenters. The van der Waals surface area contributed by atoms with E-state index in [0.29, 0.717) is 13.2 Å². The van der Waals surface area contributed by atoms with E-state index in [-0.39, 0.29) is 6.09 Å². The molecule has 0 saturated heterocycles. The van der Waals surface area contributed by atoms with E-state index >= 15 is 0 Å². The van der Waals surface area contributed by atoms with Crippen LogP contribution in [0.15, 0.2) is 30.3 Å². The van der Waals surface area contributed by atoms with Crippen molar-refractivity contribution in [3.05, 3.63) is 35.9 Å². The van der Waals surface area contributed by atoms with Crippen molar-refractivity contribution in [2.75, 3.05) is 6.54 Å². The number of hydrogen-bond acceptors (Lipinski definition) is 2. The molecule has 0 bridgehead atoms. The van der Waals surface area contributed by atoms with Gasteiger partial charge in [-0.05, 0) is 0 Å². The van der Waals surface area contributed by atoms with Crippen LogP contribution < -0.4 is 5.32 Å². The molecular weight excluding hydrogens is 309 g/mol. The number of amides is 1. The van der Waals surface area contributed by atoms with Gasteiger partial charge in [-0.2, -0.15) is 0 Å². The Labute approximate surface area is 110 Å². The molecule has 86 valence electrons. The molecule has 1 aromatic carbocycles. The molecular formula is C12H17NO2Sn. The Hall–Kier alpha value is -0.711. The maximum absolute atomic E-state index is 11.3. The predicted molar refractivity (Wildman–Crippen MR) is 65.8 cm³/mol. The molecule has 1 N–H and O–H groups in total. The van der Waals surface area contributed by atoms with Gasteiger partial charge in [0.15, 0.2) is 0 Å². The minimum atomic E-state index is -0.329. The molecule has 0 aliphatic rings. The van der Waals surface area contributed by atoms with Crippen molar-refractivity contribution in [1.29, 1.82) is 0 Å². The van der Waals surface area contributed by atoms with E-state index in [9.17, 15) is 4.79 Å². The van der Waals surface area contributed by atoms with Crippen molar-refractivity contribution < 1.29 is 9.53 Å². The molecule has 1 amide bonds. The fourth-order valence-electron chi connectivity index (χ4n) is 1.18. The summed E-state index contributed by atoms with van der Waals surface area (Å²) >= 11 is 1.23. The molecule has 16 heavy (non-hydrogen) atoms. The fraction of sp³-hybridized carbons (Fsp3) is 0.417. The van der Waals surface area contributed by atoms with Gasteiger partial charge in [0.05, 0.1) is 0 Å². The van der Waals surface area contributed by atoms with Crippen LogP contribution >= 0.6 is 0 Å². The van der Waals surface area contributed by atoms with Crippen molar-refractivity contribution in [1.82, 2.24) is 5.32 Å². The Morgan fingerprint density at radius 3 is 2.75 bits per heavy atom. The third-order valence-corrected chi connectivity index (χ3v) is 3.03. The van der Waals surface area contributed by atoms with Crippen LogP contribution in [0.2, 0.25) is 3.93 Å². The van der Waals surface area contributed by atoms with Gasteiger partial charge in [0, 0.05) is 0 Å². The van der Waals surface area contributed by atoms with Gasteiger partial charge in [-0.3, -0.25) is 0 Å². The van der Waals surface area contributed by atoms with Crippen LogP contribution in [-0.4, -0.2) is 35.2 Å². The van der Waals surface area contributed by atoms with Crippen molar-refractivity contribution in [2.45, 2.75) is 23.9 Å². The first-order chi connectivity index (χ1) is 7.68. The molecule has 4 heteroatoms. The molecule has 2 radical (unpaired) electrons. The Bertz CT molecular complexity index is 314. The third-order valence-electron chi connectivity index (χ3n) is 2.08. The van der Waals surface area contributed by atoms with Crippen LogP contribution in [0.25, 0.3) is 0 Å². The van der Waals surface area contributed by atoms with Gasteiger partial charge in [0.25, 0.3) is 0 Å². The molecule has 1 atom stereocenters. The fourth-order valence-corrected chi connectivity index (χ4v) is 1.65. The zero-order valence-electron chi connectivity index (χ0n) is 9.48. The predicted octanol–water partition coefficient (Wildman–Crippen LogP) is 2.01. The number of ether oxygens (including phenoxy) is 1. The molecule has 1 rings (SSSR count). The van der Waals surface area contributed by atoms with E-state index < -0.39 is 0 Å². The monoisotopic (exact) mass is 327 g/mol. The molecule has 0 saturated carbocycles.